The maximum Gasteiger partial charge on any atom is 0.0315 e. The monoisotopic (exact) mass is 136 g/mol. The molecule has 54 valence electrons. The van der Waals surface area contributed by atoms with Crippen molar-refractivity contribution in [3.63, 3.8) is 0 Å². The molecular formula is C8H12N2. The normalized spacial score (nSPS) is 23.2. The highest BCUT2D eigenvalue weighted by atomic mass is 14.9. The van der Waals surface area contributed by atoms with Crippen molar-refractivity contribution in [3.05, 3.63) is 23.5 Å². The van der Waals surface area contributed by atoms with Crippen LogP contribution in [0.5, 0.6) is 0 Å². The van der Waals surface area contributed by atoms with Crippen LogP contribution in [-0.4, -0.2) is 4.57 Å². The highest BCUT2D eigenvalue weighted by molar-refractivity contribution is 5.31. The molecule has 2 N–H and O–H groups in total. The number of aromatic nitrogens is 1. The van der Waals surface area contributed by atoms with E-state index < -0.39 is 0 Å². The first-order valence-corrected chi connectivity index (χ1v) is 3.67. The number of hydrogen-bond acceptors (Lipinski definition) is 1. The molecule has 0 fully saturated rings. The maximum absolute atomic E-state index is 5.85. The van der Waals surface area contributed by atoms with Gasteiger partial charge in [-0.1, -0.05) is 0 Å². The Hall–Kier alpha value is -0.760. The van der Waals surface area contributed by atoms with E-state index in [1.165, 1.54) is 11.1 Å². The highest BCUT2D eigenvalue weighted by Crippen LogP contribution is 2.29. The van der Waals surface area contributed by atoms with Crippen LogP contribution in [0, 0.1) is 0 Å². The van der Waals surface area contributed by atoms with Gasteiger partial charge in [-0.05, 0) is 24.0 Å². The number of rotatable bonds is 0. The lowest BCUT2D eigenvalue weighted by molar-refractivity contribution is 0.701. The third kappa shape index (κ3) is 0.688. The Morgan fingerprint density at radius 2 is 2.40 bits per heavy atom. The standard InChI is InChI=1S/C8H12N2/c1-10-4-6-2-3-8(9)7(6)5-10/h4-5,8H,2-3,9H2,1H3/t8-/m0/s1. The van der Waals surface area contributed by atoms with E-state index >= 15 is 0 Å². The Bertz CT molecular complexity index is 250. The van der Waals surface area contributed by atoms with Gasteiger partial charge in [0.1, 0.15) is 0 Å². The van der Waals surface area contributed by atoms with Gasteiger partial charge in [0.25, 0.3) is 0 Å². The number of aryl methyl sites for hydroxylation is 2. The first-order valence-electron chi connectivity index (χ1n) is 3.67. The summed E-state index contributed by atoms with van der Waals surface area (Å²) in [6.45, 7) is 0. The molecule has 0 saturated heterocycles. The van der Waals surface area contributed by atoms with Crippen molar-refractivity contribution in [1.82, 2.24) is 4.57 Å². The topological polar surface area (TPSA) is 30.9 Å². The summed E-state index contributed by atoms with van der Waals surface area (Å²) >= 11 is 0. The van der Waals surface area contributed by atoms with E-state index in [1.54, 1.807) is 0 Å². The van der Waals surface area contributed by atoms with Crippen LogP contribution in [0.2, 0.25) is 0 Å². The summed E-state index contributed by atoms with van der Waals surface area (Å²) in [7, 11) is 2.05. The zero-order valence-corrected chi connectivity index (χ0v) is 6.17. The van der Waals surface area contributed by atoms with Gasteiger partial charge in [0.2, 0.25) is 0 Å². The third-order valence-electron chi connectivity index (χ3n) is 2.20. The molecule has 2 rings (SSSR count). The Kier molecular flexibility index (Phi) is 1.11. The lowest BCUT2D eigenvalue weighted by Crippen LogP contribution is -2.04. The predicted octanol–water partition coefficient (Wildman–Crippen LogP) is 0.971. The maximum atomic E-state index is 5.85. The molecule has 1 atom stereocenters. The molecule has 1 aliphatic carbocycles. The molecule has 10 heavy (non-hydrogen) atoms. The average molecular weight is 136 g/mol. The van der Waals surface area contributed by atoms with E-state index in [0.29, 0.717) is 6.04 Å². The van der Waals surface area contributed by atoms with Crippen molar-refractivity contribution in [2.24, 2.45) is 12.8 Å². The molecule has 0 bridgehead atoms. The van der Waals surface area contributed by atoms with E-state index in [4.69, 9.17) is 5.73 Å². The van der Waals surface area contributed by atoms with Gasteiger partial charge in [-0.25, -0.2) is 0 Å². The summed E-state index contributed by atoms with van der Waals surface area (Å²) in [5.74, 6) is 0. The minimum Gasteiger partial charge on any atom is -0.357 e. The molecule has 2 heteroatoms. The lowest BCUT2D eigenvalue weighted by Gasteiger charge is -1.98. The molecule has 2 nitrogen and oxygen atoms in total. The summed E-state index contributed by atoms with van der Waals surface area (Å²) in [6.07, 6.45) is 6.60. The van der Waals surface area contributed by atoms with Crippen molar-refractivity contribution in [2.75, 3.05) is 0 Å². The highest BCUT2D eigenvalue weighted by Gasteiger charge is 2.19. The predicted molar refractivity (Wildman–Crippen MR) is 40.7 cm³/mol. The average Bonchev–Trinajstić information content (AvgIpc) is 2.35. The van der Waals surface area contributed by atoms with Gasteiger partial charge in [-0.3, -0.25) is 0 Å². The third-order valence-corrected chi connectivity index (χ3v) is 2.20. The van der Waals surface area contributed by atoms with Crippen LogP contribution < -0.4 is 5.73 Å². The number of nitrogens with two attached hydrogens (primary N) is 1. The molecule has 0 spiro atoms. The van der Waals surface area contributed by atoms with Crippen molar-refractivity contribution in [3.8, 4) is 0 Å². The van der Waals surface area contributed by atoms with Crippen LogP contribution in [0.4, 0.5) is 0 Å². The van der Waals surface area contributed by atoms with Crippen LogP contribution in [0.15, 0.2) is 12.4 Å². The molecule has 0 aliphatic heterocycles. The Morgan fingerprint density at radius 1 is 1.60 bits per heavy atom. The lowest BCUT2D eigenvalue weighted by atomic mass is 10.2. The second-order valence-corrected chi connectivity index (χ2v) is 3.05. The molecule has 0 unspecified atom stereocenters. The van der Waals surface area contributed by atoms with Gasteiger partial charge < -0.3 is 10.3 Å². The van der Waals surface area contributed by atoms with Crippen LogP contribution >= 0.6 is 0 Å². The van der Waals surface area contributed by atoms with Gasteiger partial charge >= 0.3 is 0 Å². The van der Waals surface area contributed by atoms with Crippen LogP contribution in [-0.2, 0) is 13.5 Å². The molecule has 0 amide bonds. The smallest absolute Gasteiger partial charge is 0.0315 e. The van der Waals surface area contributed by atoms with Crippen molar-refractivity contribution >= 4 is 0 Å². The van der Waals surface area contributed by atoms with Crippen molar-refractivity contribution in [1.29, 1.82) is 0 Å². The first-order chi connectivity index (χ1) is 4.77. The molecule has 1 aromatic rings. The van der Waals surface area contributed by atoms with E-state index in [1.807, 2.05) is 7.05 Å². The Balaban J connectivity index is 2.49. The molecule has 0 radical (unpaired) electrons. The van der Waals surface area contributed by atoms with E-state index in [2.05, 4.69) is 17.0 Å². The summed E-state index contributed by atoms with van der Waals surface area (Å²) in [6, 6.07) is 0.302. The fourth-order valence-corrected chi connectivity index (χ4v) is 1.67. The van der Waals surface area contributed by atoms with E-state index in [9.17, 15) is 0 Å². The molecular weight excluding hydrogens is 124 g/mol. The molecule has 1 aliphatic rings. The number of hydrogen-bond donors (Lipinski definition) is 1. The van der Waals surface area contributed by atoms with E-state index in [0.717, 1.165) is 12.8 Å². The molecule has 1 heterocycles. The van der Waals surface area contributed by atoms with Gasteiger partial charge in [0.15, 0.2) is 0 Å². The van der Waals surface area contributed by atoms with E-state index in [-0.39, 0.29) is 0 Å². The van der Waals surface area contributed by atoms with Gasteiger partial charge in [-0.2, -0.15) is 0 Å². The summed E-state index contributed by atoms with van der Waals surface area (Å²) < 4.78 is 2.09. The SMILES string of the molecule is Cn1cc2c(c1)[C@@H](N)CC2. The summed E-state index contributed by atoms with van der Waals surface area (Å²) in [4.78, 5) is 0. The quantitative estimate of drug-likeness (QED) is 0.566. The zero-order chi connectivity index (χ0) is 7.14. The molecule has 1 aromatic heterocycles. The van der Waals surface area contributed by atoms with Crippen molar-refractivity contribution in [2.45, 2.75) is 18.9 Å². The first kappa shape index (κ1) is 5.98. The second-order valence-electron chi connectivity index (χ2n) is 3.05. The van der Waals surface area contributed by atoms with Gasteiger partial charge in [0.05, 0.1) is 0 Å². The second kappa shape index (κ2) is 1.86. The van der Waals surface area contributed by atoms with Crippen LogP contribution in [0.3, 0.4) is 0 Å². The fourth-order valence-electron chi connectivity index (χ4n) is 1.67. The summed E-state index contributed by atoms with van der Waals surface area (Å²) in [5, 5.41) is 0. The zero-order valence-electron chi connectivity index (χ0n) is 6.17. The minimum absolute atomic E-state index is 0.302. The summed E-state index contributed by atoms with van der Waals surface area (Å²) in [5.41, 5.74) is 8.64. The fraction of sp³-hybridized carbons (Fsp3) is 0.500. The number of fused-ring (bicyclic) bond motifs is 1. The molecule has 0 saturated carbocycles. The minimum atomic E-state index is 0.302. The van der Waals surface area contributed by atoms with Crippen LogP contribution in [0.25, 0.3) is 0 Å². The van der Waals surface area contributed by atoms with Crippen molar-refractivity contribution < 1.29 is 0 Å². The molecule has 0 aromatic carbocycles. The largest absolute Gasteiger partial charge is 0.357 e. The van der Waals surface area contributed by atoms with Gasteiger partial charge in [0, 0.05) is 25.5 Å². The Morgan fingerprint density at radius 3 is 3.10 bits per heavy atom. The number of nitrogens with zero attached hydrogens (tertiary/aromatic N) is 1. The Labute approximate surface area is 60.6 Å². The van der Waals surface area contributed by atoms with Gasteiger partial charge in [-0.15, -0.1) is 0 Å². The van der Waals surface area contributed by atoms with Crippen LogP contribution in [0.1, 0.15) is 23.6 Å².